The first-order valence-electron chi connectivity index (χ1n) is 12.4. The number of hydrogen-bond donors (Lipinski definition) is 2. The van der Waals surface area contributed by atoms with Crippen molar-refractivity contribution >= 4 is 29.4 Å². The molecule has 0 bridgehead atoms. The van der Waals surface area contributed by atoms with Crippen LogP contribution in [0.5, 0.6) is 0 Å². The molecule has 1 aliphatic rings. The average Bonchev–Trinajstić information content (AvgIpc) is 3.66. The number of benzene rings is 3. The van der Waals surface area contributed by atoms with Crippen LogP contribution in [0.3, 0.4) is 0 Å². The van der Waals surface area contributed by atoms with E-state index < -0.39 is 23.6 Å². The number of rotatable bonds is 7. The van der Waals surface area contributed by atoms with E-state index in [9.17, 15) is 14.7 Å². The molecule has 0 spiro atoms. The molecule has 0 radical (unpaired) electrons. The Hall–Kier alpha value is -4.10. The van der Waals surface area contributed by atoms with Gasteiger partial charge in [-0.1, -0.05) is 78.3 Å². The number of nitrogens with zero attached hydrogens (tertiary/aromatic N) is 2. The number of carbonyl (C=O) groups is 2. The van der Waals surface area contributed by atoms with Crippen LogP contribution in [0.1, 0.15) is 42.7 Å². The van der Waals surface area contributed by atoms with Gasteiger partial charge in [-0.3, -0.25) is 14.8 Å². The molecule has 0 saturated heterocycles. The molecule has 194 valence electrons. The van der Waals surface area contributed by atoms with Gasteiger partial charge in [-0.05, 0) is 49.4 Å². The van der Waals surface area contributed by atoms with Crippen LogP contribution >= 0.6 is 11.6 Å². The number of aliphatic carboxylic acids is 1. The minimum Gasteiger partial charge on any atom is -0.481 e. The first-order chi connectivity index (χ1) is 18.2. The van der Waals surface area contributed by atoms with Gasteiger partial charge in [0, 0.05) is 23.2 Å². The number of carbonyl (C=O) groups excluding carboxylic acids is 1. The molecule has 0 aliphatic heterocycles. The number of hydrogen-bond acceptors (Lipinski definition) is 4. The largest absolute Gasteiger partial charge is 0.481 e. The molecule has 1 amide bonds. The van der Waals surface area contributed by atoms with Crippen molar-refractivity contribution in [3.8, 4) is 22.4 Å². The summed E-state index contributed by atoms with van der Waals surface area (Å²) in [5.74, 6) is -0.757. The Labute approximate surface area is 226 Å². The van der Waals surface area contributed by atoms with Crippen LogP contribution in [-0.4, -0.2) is 26.9 Å². The van der Waals surface area contributed by atoms with Crippen LogP contribution in [0.2, 0.25) is 5.02 Å². The summed E-state index contributed by atoms with van der Waals surface area (Å²) in [5.41, 5.74) is 5.74. The van der Waals surface area contributed by atoms with E-state index in [1.807, 2.05) is 80.7 Å². The van der Waals surface area contributed by atoms with Crippen molar-refractivity contribution in [1.82, 2.24) is 9.78 Å². The molecule has 2 N–H and O–H groups in total. The molecule has 1 saturated carbocycles. The van der Waals surface area contributed by atoms with Gasteiger partial charge in [0.25, 0.3) is 0 Å². The van der Waals surface area contributed by atoms with Crippen molar-refractivity contribution in [2.75, 3.05) is 5.32 Å². The third-order valence-electron chi connectivity index (χ3n) is 7.16. The zero-order valence-corrected chi connectivity index (χ0v) is 22.1. The molecule has 1 unspecified atom stereocenters. The summed E-state index contributed by atoms with van der Waals surface area (Å²) in [6, 6.07) is 22.9. The topological polar surface area (TPSA) is 93.5 Å². The number of aromatic nitrogens is 2. The Kier molecular flexibility index (Phi) is 6.71. The monoisotopic (exact) mass is 529 g/mol. The lowest BCUT2D eigenvalue weighted by Crippen LogP contribution is -2.19. The molecule has 1 heterocycles. The number of amides is 1. The van der Waals surface area contributed by atoms with E-state index in [0.717, 1.165) is 33.5 Å². The number of aryl methyl sites for hydroxylation is 2. The van der Waals surface area contributed by atoms with Crippen LogP contribution in [-0.2, 0) is 22.0 Å². The molecule has 7 nitrogen and oxygen atoms in total. The van der Waals surface area contributed by atoms with E-state index in [0.29, 0.717) is 29.2 Å². The second-order valence-electron chi connectivity index (χ2n) is 9.67. The molecule has 4 aromatic rings. The van der Waals surface area contributed by atoms with Crippen LogP contribution in [0.25, 0.3) is 22.4 Å². The van der Waals surface area contributed by atoms with Crippen molar-refractivity contribution in [3.63, 3.8) is 0 Å². The molecule has 1 aliphatic carbocycles. The lowest BCUT2D eigenvalue weighted by atomic mass is 9.93. The summed E-state index contributed by atoms with van der Waals surface area (Å²) in [6.07, 6.45) is 0.244. The average molecular weight is 530 g/mol. The van der Waals surface area contributed by atoms with Gasteiger partial charge in [0.05, 0.1) is 22.5 Å². The van der Waals surface area contributed by atoms with Crippen molar-refractivity contribution in [1.29, 1.82) is 0 Å². The number of halogens is 1. The highest BCUT2D eigenvalue weighted by Crippen LogP contribution is 2.48. The van der Waals surface area contributed by atoms with E-state index in [-0.39, 0.29) is 0 Å². The molecular weight excluding hydrogens is 502 g/mol. The first-order valence-corrected chi connectivity index (χ1v) is 12.8. The Morgan fingerprint density at radius 3 is 2.16 bits per heavy atom. The summed E-state index contributed by atoms with van der Waals surface area (Å²) in [6.45, 7) is 3.60. The zero-order chi connectivity index (χ0) is 27.0. The minimum absolute atomic E-state index is 0.528. The van der Waals surface area contributed by atoms with Crippen molar-refractivity contribution in [2.24, 2.45) is 7.05 Å². The van der Waals surface area contributed by atoms with Crippen LogP contribution < -0.4 is 5.32 Å². The molecule has 38 heavy (non-hydrogen) atoms. The molecule has 1 fully saturated rings. The number of carboxylic acid groups (broad SMARTS) is 1. The highest BCUT2D eigenvalue weighted by Gasteiger charge is 2.51. The minimum atomic E-state index is -0.757. The van der Waals surface area contributed by atoms with Gasteiger partial charge in [0.15, 0.2) is 0 Å². The summed E-state index contributed by atoms with van der Waals surface area (Å²) in [4.78, 5) is 24.4. The normalized spacial score (nSPS) is 14.5. The van der Waals surface area contributed by atoms with Gasteiger partial charge in [0.1, 0.15) is 6.10 Å². The third kappa shape index (κ3) is 4.77. The van der Waals surface area contributed by atoms with E-state index in [1.54, 1.807) is 17.7 Å². The number of anilines is 1. The molecule has 1 atom stereocenters. The predicted molar refractivity (Wildman–Crippen MR) is 147 cm³/mol. The van der Waals surface area contributed by atoms with E-state index in [1.165, 1.54) is 0 Å². The predicted octanol–water partition coefficient (Wildman–Crippen LogP) is 7.14. The second kappa shape index (κ2) is 9.99. The Bertz CT molecular complexity index is 1510. The van der Waals surface area contributed by atoms with Gasteiger partial charge in [-0.2, -0.15) is 5.10 Å². The van der Waals surface area contributed by atoms with Gasteiger partial charge >= 0.3 is 12.1 Å². The van der Waals surface area contributed by atoms with Crippen molar-refractivity contribution in [3.05, 3.63) is 94.6 Å². The lowest BCUT2D eigenvalue weighted by Gasteiger charge is -2.16. The van der Waals surface area contributed by atoms with E-state index >= 15 is 0 Å². The maximum absolute atomic E-state index is 12.8. The SMILES string of the molecule is Cc1nn(C)c(-c2ccc(-c3ccc(C4(C(=O)O)CC4)cc3)cc2)c1NC(=O)OC(C)c1ccccc1Cl. The lowest BCUT2D eigenvalue weighted by molar-refractivity contribution is -0.140. The van der Waals surface area contributed by atoms with Gasteiger partial charge < -0.3 is 9.84 Å². The molecule has 5 rings (SSSR count). The standard InChI is InChI=1S/C30H28ClN3O4/c1-18-26(32-29(37)38-19(2)24-6-4-5-7-25(24)31)27(34(3)33-18)22-10-8-20(9-11-22)21-12-14-23(15-13-21)30(16-17-30)28(35)36/h4-15,19H,16-17H2,1-3H3,(H,32,37)(H,35,36). The fraction of sp³-hybridized carbons (Fsp3) is 0.233. The van der Waals surface area contributed by atoms with E-state index in [2.05, 4.69) is 10.4 Å². The number of ether oxygens (including phenoxy) is 1. The van der Waals surface area contributed by atoms with Crippen LogP contribution in [0.15, 0.2) is 72.8 Å². The number of nitrogens with one attached hydrogen (secondary N) is 1. The molecule has 8 heteroatoms. The third-order valence-corrected chi connectivity index (χ3v) is 7.51. The summed E-state index contributed by atoms with van der Waals surface area (Å²) >= 11 is 6.25. The molecular formula is C30H28ClN3O4. The maximum atomic E-state index is 12.8. The Morgan fingerprint density at radius 2 is 1.58 bits per heavy atom. The van der Waals surface area contributed by atoms with E-state index in [4.69, 9.17) is 16.3 Å². The summed E-state index contributed by atoms with van der Waals surface area (Å²) in [7, 11) is 1.83. The Morgan fingerprint density at radius 1 is 1.00 bits per heavy atom. The van der Waals surface area contributed by atoms with Gasteiger partial charge in [0.2, 0.25) is 0 Å². The summed E-state index contributed by atoms with van der Waals surface area (Å²) in [5, 5.41) is 17.4. The first kappa shape index (κ1) is 25.5. The number of carboxylic acids is 1. The highest BCUT2D eigenvalue weighted by atomic mass is 35.5. The quantitative estimate of drug-likeness (QED) is 0.265. The maximum Gasteiger partial charge on any atom is 0.412 e. The van der Waals surface area contributed by atoms with Crippen LogP contribution in [0, 0.1) is 6.92 Å². The summed E-state index contributed by atoms with van der Waals surface area (Å²) < 4.78 is 7.33. The van der Waals surface area contributed by atoms with Gasteiger partial charge in [-0.15, -0.1) is 0 Å². The molecule has 1 aromatic heterocycles. The van der Waals surface area contributed by atoms with Gasteiger partial charge in [-0.25, -0.2) is 4.79 Å². The van der Waals surface area contributed by atoms with Crippen LogP contribution in [0.4, 0.5) is 10.5 Å². The second-order valence-corrected chi connectivity index (χ2v) is 10.1. The fourth-order valence-corrected chi connectivity index (χ4v) is 5.14. The van der Waals surface area contributed by atoms with Crippen molar-refractivity contribution in [2.45, 2.75) is 38.2 Å². The Balaban J connectivity index is 1.34. The zero-order valence-electron chi connectivity index (χ0n) is 21.4. The highest BCUT2D eigenvalue weighted by molar-refractivity contribution is 6.31. The molecule has 3 aromatic carbocycles. The van der Waals surface area contributed by atoms with Crippen molar-refractivity contribution < 1.29 is 19.4 Å². The fourth-order valence-electron chi connectivity index (χ4n) is 4.85. The smallest absolute Gasteiger partial charge is 0.412 e.